The predicted octanol–water partition coefficient (Wildman–Crippen LogP) is 1.65. The zero-order valence-electron chi connectivity index (χ0n) is 8.62. The molecule has 0 unspecified atom stereocenters. The van der Waals surface area contributed by atoms with Crippen molar-refractivity contribution in [1.82, 2.24) is 4.90 Å². The lowest BCUT2D eigenvalue weighted by atomic mass is 10.1. The minimum Gasteiger partial charge on any atom is -0.391 e. The van der Waals surface area contributed by atoms with Crippen molar-refractivity contribution in [1.29, 1.82) is 0 Å². The van der Waals surface area contributed by atoms with Gasteiger partial charge in [0.05, 0.1) is 12.1 Å². The Balaban J connectivity index is 4.25. The van der Waals surface area contributed by atoms with Crippen LogP contribution in [-0.2, 0) is 0 Å². The van der Waals surface area contributed by atoms with Crippen molar-refractivity contribution in [2.75, 3.05) is 13.1 Å². The molecule has 0 saturated heterocycles. The lowest BCUT2D eigenvalue weighted by molar-refractivity contribution is 0.0928. The summed E-state index contributed by atoms with van der Waals surface area (Å²) in [7, 11) is 0. The maximum absolute atomic E-state index is 9.48. The van der Waals surface area contributed by atoms with Crippen molar-refractivity contribution in [2.24, 2.45) is 0 Å². The van der Waals surface area contributed by atoms with Crippen LogP contribution in [0.3, 0.4) is 0 Å². The van der Waals surface area contributed by atoms with Gasteiger partial charge >= 0.3 is 0 Å². The van der Waals surface area contributed by atoms with Crippen LogP contribution in [0.1, 0.15) is 27.7 Å². The predicted molar refractivity (Wildman–Crippen MR) is 53.2 cm³/mol. The van der Waals surface area contributed by atoms with Crippen LogP contribution in [0.4, 0.5) is 0 Å². The fraction of sp³-hybridized carbons (Fsp3) is 0.800. The molecule has 72 valence electrons. The van der Waals surface area contributed by atoms with E-state index in [1.807, 2.05) is 19.9 Å². The third-order valence-corrected chi connectivity index (χ3v) is 2.12. The number of hydrogen-bond donors (Lipinski definition) is 1. The smallest absolute Gasteiger partial charge is 0.0703 e. The van der Waals surface area contributed by atoms with E-state index in [-0.39, 0.29) is 12.1 Å². The van der Waals surface area contributed by atoms with E-state index in [1.54, 1.807) is 0 Å². The van der Waals surface area contributed by atoms with E-state index in [4.69, 9.17) is 0 Å². The summed E-state index contributed by atoms with van der Waals surface area (Å²) in [4.78, 5) is 2.24. The standard InChI is InChI=1S/C10H21NO/c1-5-8-10(9(4)12)11(6-2)7-3/h5,8-10,12H,6-7H2,1-4H3/b8-5+/t9-,10+/m0/s1. The Labute approximate surface area is 75.9 Å². The molecule has 2 atom stereocenters. The summed E-state index contributed by atoms with van der Waals surface area (Å²) in [6.07, 6.45) is 3.76. The molecule has 0 aliphatic rings. The zero-order valence-corrected chi connectivity index (χ0v) is 8.62. The molecule has 0 bridgehead atoms. The topological polar surface area (TPSA) is 23.5 Å². The largest absolute Gasteiger partial charge is 0.391 e. The van der Waals surface area contributed by atoms with Crippen LogP contribution in [0.25, 0.3) is 0 Å². The van der Waals surface area contributed by atoms with Crippen LogP contribution in [-0.4, -0.2) is 35.2 Å². The van der Waals surface area contributed by atoms with Crippen LogP contribution in [0, 0.1) is 0 Å². The molecule has 0 aromatic rings. The number of aliphatic hydroxyl groups is 1. The van der Waals surface area contributed by atoms with E-state index < -0.39 is 0 Å². The van der Waals surface area contributed by atoms with Gasteiger partial charge < -0.3 is 5.11 Å². The van der Waals surface area contributed by atoms with Crippen molar-refractivity contribution in [3.8, 4) is 0 Å². The van der Waals surface area contributed by atoms with Crippen molar-refractivity contribution >= 4 is 0 Å². The second-order valence-corrected chi connectivity index (χ2v) is 2.98. The molecule has 0 aromatic carbocycles. The van der Waals surface area contributed by atoms with E-state index >= 15 is 0 Å². The number of rotatable bonds is 5. The molecule has 0 radical (unpaired) electrons. The molecular formula is C10H21NO. The van der Waals surface area contributed by atoms with E-state index in [2.05, 4.69) is 24.8 Å². The summed E-state index contributed by atoms with van der Waals surface area (Å²) in [6.45, 7) is 10.0. The van der Waals surface area contributed by atoms with Crippen LogP contribution in [0.2, 0.25) is 0 Å². The minimum atomic E-state index is -0.291. The van der Waals surface area contributed by atoms with Crippen molar-refractivity contribution in [3.63, 3.8) is 0 Å². The molecule has 0 spiro atoms. The molecule has 0 aliphatic carbocycles. The second-order valence-electron chi connectivity index (χ2n) is 2.98. The SMILES string of the molecule is C/C=C/[C@H]([C@H](C)O)N(CC)CC. The molecule has 0 aliphatic heterocycles. The number of aliphatic hydroxyl groups excluding tert-OH is 1. The molecule has 12 heavy (non-hydrogen) atoms. The molecule has 0 heterocycles. The van der Waals surface area contributed by atoms with Gasteiger partial charge in [0.2, 0.25) is 0 Å². The number of likely N-dealkylation sites (N-methyl/N-ethyl adjacent to an activating group) is 1. The summed E-state index contributed by atoms with van der Waals surface area (Å²) in [5, 5.41) is 9.48. The van der Waals surface area contributed by atoms with Crippen LogP contribution in [0.5, 0.6) is 0 Å². The minimum absolute atomic E-state index is 0.171. The molecule has 0 saturated carbocycles. The molecule has 0 aromatic heterocycles. The van der Waals surface area contributed by atoms with E-state index in [9.17, 15) is 5.11 Å². The highest BCUT2D eigenvalue weighted by atomic mass is 16.3. The fourth-order valence-electron chi connectivity index (χ4n) is 1.43. The lowest BCUT2D eigenvalue weighted by Gasteiger charge is -2.29. The van der Waals surface area contributed by atoms with Gasteiger partial charge in [-0.3, -0.25) is 4.90 Å². The molecule has 0 rings (SSSR count). The zero-order chi connectivity index (χ0) is 9.56. The van der Waals surface area contributed by atoms with Gasteiger partial charge in [0, 0.05) is 0 Å². The summed E-state index contributed by atoms with van der Waals surface area (Å²) in [5.41, 5.74) is 0. The molecule has 0 amide bonds. The van der Waals surface area contributed by atoms with Gasteiger partial charge in [0.1, 0.15) is 0 Å². The van der Waals surface area contributed by atoms with Gasteiger partial charge in [-0.05, 0) is 26.9 Å². The Morgan fingerprint density at radius 3 is 2.08 bits per heavy atom. The summed E-state index contributed by atoms with van der Waals surface area (Å²) in [6, 6.07) is 0.171. The number of nitrogens with zero attached hydrogens (tertiary/aromatic N) is 1. The second kappa shape index (κ2) is 6.21. The Hall–Kier alpha value is -0.340. The first-order valence-electron chi connectivity index (χ1n) is 4.72. The molecule has 0 fully saturated rings. The summed E-state index contributed by atoms with van der Waals surface area (Å²) in [5.74, 6) is 0. The molecule has 2 heteroatoms. The third-order valence-electron chi connectivity index (χ3n) is 2.12. The van der Waals surface area contributed by atoms with E-state index in [1.165, 1.54) is 0 Å². The van der Waals surface area contributed by atoms with Gasteiger partial charge in [0.15, 0.2) is 0 Å². The van der Waals surface area contributed by atoms with E-state index in [0.29, 0.717) is 0 Å². The average Bonchev–Trinajstić information content (AvgIpc) is 2.05. The first-order chi connectivity index (χ1) is 5.67. The van der Waals surface area contributed by atoms with Crippen LogP contribution in [0.15, 0.2) is 12.2 Å². The highest BCUT2D eigenvalue weighted by Crippen LogP contribution is 2.05. The monoisotopic (exact) mass is 171 g/mol. The first kappa shape index (κ1) is 11.7. The molecule has 2 nitrogen and oxygen atoms in total. The molecular weight excluding hydrogens is 150 g/mol. The highest BCUT2D eigenvalue weighted by Gasteiger charge is 2.16. The third kappa shape index (κ3) is 3.37. The van der Waals surface area contributed by atoms with E-state index in [0.717, 1.165) is 13.1 Å². The first-order valence-corrected chi connectivity index (χ1v) is 4.72. The number of hydrogen-bond acceptors (Lipinski definition) is 2. The van der Waals surface area contributed by atoms with Gasteiger partial charge in [-0.25, -0.2) is 0 Å². The van der Waals surface area contributed by atoms with Gasteiger partial charge in [-0.1, -0.05) is 26.0 Å². The van der Waals surface area contributed by atoms with Crippen molar-refractivity contribution in [2.45, 2.75) is 39.8 Å². The fourth-order valence-corrected chi connectivity index (χ4v) is 1.43. The highest BCUT2D eigenvalue weighted by molar-refractivity contribution is 4.95. The van der Waals surface area contributed by atoms with Crippen LogP contribution < -0.4 is 0 Å². The van der Waals surface area contributed by atoms with Gasteiger partial charge in [-0.2, -0.15) is 0 Å². The lowest BCUT2D eigenvalue weighted by Crippen LogP contribution is -2.40. The Kier molecular flexibility index (Phi) is 6.03. The quantitative estimate of drug-likeness (QED) is 0.636. The maximum atomic E-state index is 9.48. The Morgan fingerprint density at radius 1 is 1.33 bits per heavy atom. The summed E-state index contributed by atoms with van der Waals surface area (Å²) < 4.78 is 0. The van der Waals surface area contributed by atoms with Gasteiger partial charge in [0.25, 0.3) is 0 Å². The Bertz CT molecular complexity index is 128. The number of allylic oxidation sites excluding steroid dienone is 1. The molecule has 1 N–H and O–H groups in total. The Morgan fingerprint density at radius 2 is 1.83 bits per heavy atom. The van der Waals surface area contributed by atoms with Gasteiger partial charge in [-0.15, -0.1) is 0 Å². The average molecular weight is 171 g/mol. The van der Waals surface area contributed by atoms with Crippen molar-refractivity contribution in [3.05, 3.63) is 12.2 Å². The normalized spacial score (nSPS) is 17.2. The van der Waals surface area contributed by atoms with Crippen LogP contribution >= 0.6 is 0 Å². The van der Waals surface area contributed by atoms with Crippen molar-refractivity contribution < 1.29 is 5.11 Å². The summed E-state index contributed by atoms with van der Waals surface area (Å²) >= 11 is 0. The maximum Gasteiger partial charge on any atom is 0.0703 e.